The number of sulfonamides is 1. The minimum absolute atomic E-state index is 0.0379. The Morgan fingerprint density at radius 2 is 2.00 bits per heavy atom. The summed E-state index contributed by atoms with van der Waals surface area (Å²) < 4.78 is 26.0. The van der Waals surface area contributed by atoms with Crippen LogP contribution in [0.1, 0.15) is 23.2 Å². The van der Waals surface area contributed by atoms with E-state index < -0.39 is 27.9 Å². The zero-order chi connectivity index (χ0) is 15.8. The Bertz CT molecular complexity index is 704. The highest BCUT2D eigenvalue weighted by atomic mass is 35.5. The van der Waals surface area contributed by atoms with Gasteiger partial charge in [-0.3, -0.25) is 9.59 Å². The Morgan fingerprint density at radius 3 is 2.57 bits per heavy atom. The Balaban J connectivity index is 2.49. The molecule has 3 N–H and O–H groups in total. The van der Waals surface area contributed by atoms with Crippen LogP contribution >= 0.6 is 11.6 Å². The third-order valence-corrected chi connectivity index (χ3v) is 5.36. The zero-order valence-corrected chi connectivity index (χ0v) is 12.4. The molecule has 0 saturated carbocycles. The van der Waals surface area contributed by atoms with Crippen molar-refractivity contribution in [3.63, 3.8) is 0 Å². The van der Waals surface area contributed by atoms with Gasteiger partial charge in [0.1, 0.15) is 6.04 Å². The zero-order valence-electron chi connectivity index (χ0n) is 10.8. The molecule has 1 aromatic rings. The minimum Gasteiger partial charge on any atom is -0.480 e. The van der Waals surface area contributed by atoms with Crippen molar-refractivity contribution in [1.82, 2.24) is 4.31 Å². The van der Waals surface area contributed by atoms with Gasteiger partial charge in [0.25, 0.3) is 0 Å². The average Bonchev–Trinajstić information content (AvgIpc) is 2.87. The van der Waals surface area contributed by atoms with Gasteiger partial charge in [0, 0.05) is 17.1 Å². The van der Waals surface area contributed by atoms with Crippen molar-refractivity contribution in [2.24, 2.45) is 5.73 Å². The summed E-state index contributed by atoms with van der Waals surface area (Å²) in [4.78, 5) is 22.1. The fourth-order valence-electron chi connectivity index (χ4n) is 2.26. The van der Waals surface area contributed by atoms with Crippen molar-refractivity contribution >= 4 is 33.5 Å². The highest BCUT2D eigenvalue weighted by Gasteiger charge is 2.39. The first kappa shape index (κ1) is 15.7. The summed E-state index contributed by atoms with van der Waals surface area (Å²) in [5, 5.41) is 9.12. The molecule has 1 unspecified atom stereocenters. The molecule has 114 valence electrons. The summed E-state index contributed by atoms with van der Waals surface area (Å²) in [6, 6.07) is 2.41. The van der Waals surface area contributed by atoms with E-state index in [2.05, 4.69) is 0 Å². The lowest BCUT2D eigenvalue weighted by atomic mass is 10.2. The van der Waals surface area contributed by atoms with Gasteiger partial charge in [-0.05, 0) is 31.0 Å². The van der Waals surface area contributed by atoms with Crippen LogP contribution in [-0.4, -0.2) is 42.3 Å². The first-order valence-electron chi connectivity index (χ1n) is 6.08. The molecule has 1 saturated heterocycles. The number of halogens is 1. The van der Waals surface area contributed by atoms with E-state index in [9.17, 15) is 18.0 Å². The molecule has 7 nitrogen and oxygen atoms in total. The van der Waals surface area contributed by atoms with Crippen LogP contribution in [0.5, 0.6) is 0 Å². The molecule has 2 rings (SSSR count). The lowest BCUT2D eigenvalue weighted by Crippen LogP contribution is -2.40. The van der Waals surface area contributed by atoms with Gasteiger partial charge >= 0.3 is 5.97 Å². The van der Waals surface area contributed by atoms with Gasteiger partial charge < -0.3 is 10.8 Å². The number of hydrogen-bond donors (Lipinski definition) is 2. The second kappa shape index (κ2) is 5.63. The van der Waals surface area contributed by atoms with E-state index in [1.54, 1.807) is 0 Å². The van der Waals surface area contributed by atoms with E-state index >= 15 is 0 Å². The van der Waals surface area contributed by atoms with Crippen LogP contribution in [-0.2, 0) is 14.8 Å². The standard InChI is InChI=1S/C12H13ClN2O5S/c13-8-4-7(11(14)16)5-9(6-8)21(19,20)15-3-1-2-10(15)12(17)18/h4-6,10H,1-3H2,(H2,14,16)(H,17,18). The molecular formula is C12H13ClN2O5S. The molecule has 9 heteroatoms. The Kier molecular flexibility index (Phi) is 4.22. The SMILES string of the molecule is NC(=O)c1cc(Cl)cc(S(=O)(=O)N2CCCC2C(=O)O)c1. The number of carboxylic acids is 1. The van der Waals surface area contributed by atoms with Gasteiger partial charge in [-0.2, -0.15) is 4.31 Å². The number of rotatable bonds is 4. The number of aliphatic carboxylic acids is 1. The number of nitrogens with zero attached hydrogens (tertiary/aromatic N) is 1. The molecule has 0 radical (unpaired) electrons. The lowest BCUT2D eigenvalue weighted by Gasteiger charge is -2.21. The summed E-state index contributed by atoms with van der Waals surface area (Å²) in [5.74, 6) is -2.02. The van der Waals surface area contributed by atoms with Crippen LogP contribution in [0.15, 0.2) is 23.1 Å². The third-order valence-electron chi connectivity index (χ3n) is 3.25. The van der Waals surface area contributed by atoms with Crippen molar-refractivity contribution < 1.29 is 23.1 Å². The minimum atomic E-state index is -4.05. The molecule has 0 aromatic heterocycles. The maximum atomic E-state index is 12.5. The quantitative estimate of drug-likeness (QED) is 0.840. The van der Waals surface area contributed by atoms with E-state index in [4.69, 9.17) is 22.4 Å². The van der Waals surface area contributed by atoms with E-state index in [-0.39, 0.29) is 28.4 Å². The number of nitrogens with two attached hydrogens (primary N) is 1. The van der Waals surface area contributed by atoms with E-state index in [0.717, 1.165) is 10.4 Å². The van der Waals surface area contributed by atoms with Gasteiger partial charge in [-0.25, -0.2) is 8.42 Å². The monoisotopic (exact) mass is 332 g/mol. The fourth-order valence-corrected chi connectivity index (χ4v) is 4.29. The molecule has 21 heavy (non-hydrogen) atoms. The topological polar surface area (TPSA) is 118 Å². The molecule has 1 amide bonds. The summed E-state index contributed by atoms with van der Waals surface area (Å²) >= 11 is 5.80. The molecule has 0 bridgehead atoms. The molecule has 0 aliphatic carbocycles. The van der Waals surface area contributed by atoms with Crippen LogP contribution in [0, 0.1) is 0 Å². The van der Waals surface area contributed by atoms with Crippen molar-refractivity contribution in [3.05, 3.63) is 28.8 Å². The van der Waals surface area contributed by atoms with Crippen molar-refractivity contribution in [3.8, 4) is 0 Å². The summed E-state index contributed by atoms with van der Waals surface area (Å²) in [5.41, 5.74) is 5.07. The number of carbonyl (C=O) groups excluding carboxylic acids is 1. The maximum Gasteiger partial charge on any atom is 0.322 e. The highest BCUT2D eigenvalue weighted by molar-refractivity contribution is 7.89. The number of primary amides is 1. The first-order chi connectivity index (χ1) is 9.73. The summed E-state index contributed by atoms with van der Waals surface area (Å²) in [6.45, 7) is 0.109. The number of benzene rings is 1. The fraction of sp³-hybridized carbons (Fsp3) is 0.333. The largest absolute Gasteiger partial charge is 0.480 e. The van der Waals surface area contributed by atoms with Crippen LogP contribution < -0.4 is 5.73 Å². The first-order valence-corrected chi connectivity index (χ1v) is 7.90. The van der Waals surface area contributed by atoms with E-state index in [0.29, 0.717) is 6.42 Å². The van der Waals surface area contributed by atoms with Crippen molar-refractivity contribution in [2.45, 2.75) is 23.8 Å². The number of amides is 1. The van der Waals surface area contributed by atoms with Crippen LogP contribution in [0.2, 0.25) is 5.02 Å². The smallest absolute Gasteiger partial charge is 0.322 e. The van der Waals surface area contributed by atoms with E-state index in [1.807, 2.05) is 0 Å². The van der Waals surface area contributed by atoms with Crippen molar-refractivity contribution in [1.29, 1.82) is 0 Å². The van der Waals surface area contributed by atoms with Crippen LogP contribution in [0.4, 0.5) is 0 Å². The van der Waals surface area contributed by atoms with Crippen molar-refractivity contribution in [2.75, 3.05) is 6.54 Å². The second-order valence-corrected chi connectivity index (χ2v) is 6.98. The highest BCUT2D eigenvalue weighted by Crippen LogP contribution is 2.28. The normalized spacial score (nSPS) is 19.6. The molecule has 1 atom stereocenters. The Morgan fingerprint density at radius 1 is 1.33 bits per heavy atom. The van der Waals surface area contributed by atoms with E-state index in [1.165, 1.54) is 12.1 Å². The van der Waals surface area contributed by atoms with Gasteiger partial charge in [-0.1, -0.05) is 11.6 Å². The molecule has 1 aromatic carbocycles. The van der Waals surface area contributed by atoms with Crippen LogP contribution in [0.25, 0.3) is 0 Å². The second-order valence-electron chi connectivity index (χ2n) is 4.65. The predicted molar refractivity (Wildman–Crippen MR) is 74.5 cm³/mol. The predicted octanol–water partition coefficient (Wildman–Crippen LogP) is 0.677. The molecule has 0 spiro atoms. The lowest BCUT2D eigenvalue weighted by molar-refractivity contribution is -0.140. The maximum absolute atomic E-state index is 12.5. The van der Waals surface area contributed by atoms with Crippen LogP contribution in [0.3, 0.4) is 0 Å². The Labute approximate surface area is 126 Å². The van der Waals surface area contributed by atoms with Gasteiger partial charge in [0.15, 0.2) is 0 Å². The molecule has 1 aliphatic rings. The summed E-state index contributed by atoms with van der Waals surface area (Å²) in [6.07, 6.45) is 0.706. The van der Waals surface area contributed by atoms with Gasteiger partial charge in [0.05, 0.1) is 4.90 Å². The van der Waals surface area contributed by atoms with Gasteiger partial charge in [0.2, 0.25) is 15.9 Å². The number of carboxylic acid groups (broad SMARTS) is 1. The molecule has 1 aliphatic heterocycles. The Hall–Kier alpha value is -1.64. The van der Waals surface area contributed by atoms with Gasteiger partial charge in [-0.15, -0.1) is 0 Å². The summed E-state index contributed by atoms with van der Waals surface area (Å²) in [7, 11) is -4.05. The molecular weight excluding hydrogens is 320 g/mol. The third kappa shape index (κ3) is 3.02. The molecule has 1 heterocycles. The number of carbonyl (C=O) groups is 2. The average molecular weight is 333 g/mol. The number of hydrogen-bond acceptors (Lipinski definition) is 4. The molecule has 1 fully saturated rings.